The first-order valence-electron chi connectivity index (χ1n) is 5.77. The molecule has 0 amide bonds. The summed E-state index contributed by atoms with van der Waals surface area (Å²) in [6.07, 6.45) is 2.28. The lowest BCUT2D eigenvalue weighted by Gasteiger charge is -2.28. The highest BCUT2D eigenvalue weighted by molar-refractivity contribution is 5.31. The van der Waals surface area contributed by atoms with Gasteiger partial charge in [0.15, 0.2) is 11.6 Å². The Morgan fingerprint density at radius 1 is 1.38 bits per heavy atom. The van der Waals surface area contributed by atoms with Gasteiger partial charge in [-0.25, -0.2) is 4.39 Å². The van der Waals surface area contributed by atoms with Crippen LogP contribution in [-0.2, 0) is 0 Å². The average Bonchev–Trinajstić information content (AvgIpc) is 2.30. The summed E-state index contributed by atoms with van der Waals surface area (Å²) >= 11 is 0. The molecule has 1 saturated heterocycles. The van der Waals surface area contributed by atoms with E-state index in [4.69, 9.17) is 4.74 Å². The van der Waals surface area contributed by atoms with Crippen LogP contribution in [0.2, 0.25) is 0 Å². The Morgan fingerprint density at radius 2 is 2.19 bits per heavy atom. The maximum absolute atomic E-state index is 13.5. The first-order valence-corrected chi connectivity index (χ1v) is 5.77. The Balaban J connectivity index is 2.12. The summed E-state index contributed by atoms with van der Waals surface area (Å²) in [4.78, 5) is 0. The number of halogens is 1. The molecule has 16 heavy (non-hydrogen) atoms. The van der Waals surface area contributed by atoms with Crippen molar-refractivity contribution in [3.63, 3.8) is 0 Å². The second-order valence-electron chi connectivity index (χ2n) is 4.54. The van der Waals surface area contributed by atoms with Crippen LogP contribution in [0.15, 0.2) is 18.2 Å². The van der Waals surface area contributed by atoms with Crippen molar-refractivity contribution < 1.29 is 9.13 Å². The van der Waals surface area contributed by atoms with E-state index in [1.807, 2.05) is 6.07 Å². The molecule has 1 heterocycles. The molecule has 0 bridgehead atoms. The van der Waals surface area contributed by atoms with Crippen LogP contribution in [0.4, 0.5) is 4.39 Å². The Hall–Kier alpha value is -1.09. The number of benzene rings is 1. The lowest BCUT2D eigenvalue weighted by atomic mass is 9.92. The molecule has 2 rings (SSSR count). The van der Waals surface area contributed by atoms with Crippen LogP contribution in [0.1, 0.15) is 31.4 Å². The summed E-state index contributed by atoms with van der Waals surface area (Å²) in [6.45, 7) is 3.25. The van der Waals surface area contributed by atoms with Crippen molar-refractivity contribution >= 4 is 0 Å². The predicted octanol–water partition coefficient (Wildman–Crippen LogP) is 2.89. The second-order valence-corrected chi connectivity index (χ2v) is 4.54. The van der Waals surface area contributed by atoms with Crippen LogP contribution in [0.3, 0.4) is 0 Å². The molecule has 1 N–H and O–H groups in total. The highest BCUT2D eigenvalue weighted by atomic mass is 19.1. The van der Waals surface area contributed by atoms with Crippen LogP contribution in [0.25, 0.3) is 0 Å². The first-order chi connectivity index (χ1) is 7.70. The lowest BCUT2D eigenvalue weighted by molar-refractivity contribution is 0.331. The summed E-state index contributed by atoms with van der Waals surface area (Å²) in [6, 6.07) is 5.50. The summed E-state index contributed by atoms with van der Waals surface area (Å²) in [5.74, 6) is 0.757. The van der Waals surface area contributed by atoms with Crippen molar-refractivity contribution in [2.75, 3.05) is 13.7 Å². The van der Waals surface area contributed by atoms with E-state index in [1.165, 1.54) is 13.5 Å². The number of methoxy groups -OCH3 is 1. The van der Waals surface area contributed by atoms with Gasteiger partial charge in [0, 0.05) is 6.04 Å². The van der Waals surface area contributed by atoms with Crippen LogP contribution in [0, 0.1) is 11.7 Å². The maximum atomic E-state index is 13.5. The molecule has 88 valence electrons. The van der Waals surface area contributed by atoms with Gasteiger partial charge in [0.2, 0.25) is 0 Å². The van der Waals surface area contributed by atoms with Crippen LogP contribution >= 0.6 is 0 Å². The Kier molecular flexibility index (Phi) is 3.44. The molecule has 2 nitrogen and oxygen atoms in total. The van der Waals surface area contributed by atoms with E-state index in [0.29, 0.717) is 5.75 Å². The van der Waals surface area contributed by atoms with Crippen LogP contribution < -0.4 is 10.1 Å². The zero-order chi connectivity index (χ0) is 11.5. The molecule has 2 atom stereocenters. The summed E-state index contributed by atoms with van der Waals surface area (Å²) in [7, 11) is 1.48. The number of hydrogen-bond donors (Lipinski definition) is 1. The third-order valence-electron chi connectivity index (χ3n) is 3.24. The van der Waals surface area contributed by atoms with E-state index >= 15 is 0 Å². The van der Waals surface area contributed by atoms with Gasteiger partial charge < -0.3 is 10.1 Å². The minimum absolute atomic E-state index is 0.277. The number of ether oxygens (including phenoxy) is 1. The van der Waals surface area contributed by atoms with E-state index in [0.717, 1.165) is 24.4 Å². The van der Waals surface area contributed by atoms with Gasteiger partial charge in [0.25, 0.3) is 0 Å². The molecule has 0 radical (unpaired) electrons. The van der Waals surface area contributed by atoms with Gasteiger partial charge in [-0.15, -0.1) is 0 Å². The van der Waals surface area contributed by atoms with Crippen molar-refractivity contribution in [3.8, 4) is 5.75 Å². The number of rotatable bonds is 2. The summed E-state index contributed by atoms with van der Waals surface area (Å²) < 4.78 is 18.4. The summed E-state index contributed by atoms with van der Waals surface area (Å²) in [5, 5.41) is 3.44. The summed E-state index contributed by atoms with van der Waals surface area (Å²) in [5.41, 5.74) is 1.02. The normalized spacial score (nSPS) is 25.4. The number of nitrogens with one attached hydrogen (secondary N) is 1. The van der Waals surface area contributed by atoms with E-state index in [-0.39, 0.29) is 11.9 Å². The topological polar surface area (TPSA) is 21.3 Å². The number of hydrogen-bond acceptors (Lipinski definition) is 2. The fourth-order valence-electron chi connectivity index (χ4n) is 2.18. The molecule has 1 aromatic carbocycles. The first kappa shape index (κ1) is 11.4. The molecule has 1 aliphatic rings. The third-order valence-corrected chi connectivity index (χ3v) is 3.24. The molecule has 0 saturated carbocycles. The molecule has 0 spiro atoms. The molecule has 2 unspecified atom stereocenters. The average molecular weight is 223 g/mol. The number of piperidine rings is 1. The second kappa shape index (κ2) is 4.83. The van der Waals surface area contributed by atoms with Gasteiger partial charge in [-0.3, -0.25) is 0 Å². The highest BCUT2D eigenvalue weighted by Gasteiger charge is 2.19. The zero-order valence-electron chi connectivity index (χ0n) is 9.79. The molecular weight excluding hydrogens is 205 g/mol. The SMILES string of the molecule is COc1ccc(C2CCC(C)CN2)cc1F. The minimum Gasteiger partial charge on any atom is -0.494 e. The Bertz CT molecular complexity index is 359. The molecule has 1 fully saturated rings. The van der Waals surface area contributed by atoms with Crippen molar-refractivity contribution in [2.45, 2.75) is 25.8 Å². The van der Waals surface area contributed by atoms with E-state index in [1.54, 1.807) is 12.1 Å². The van der Waals surface area contributed by atoms with Crippen LogP contribution in [-0.4, -0.2) is 13.7 Å². The van der Waals surface area contributed by atoms with Gasteiger partial charge >= 0.3 is 0 Å². The van der Waals surface area contributed by atoms with Gasteiger partial charge in [-0.1, -0.05) is 13.0 Å². The van der Waals surface area contributed by atoms with Crippen LogP contribution in [0.5, 0.6) is 5.75 Å². The van der Waals surface area contributed by atoms with Crippen molar-refractivity contribution in [1.29, 1.82) is 0 Å². The standard InChI is InChI=1S/C13H18FNO/c1-9-3-5-12(15-8-9)10-4-6-13(16-2)11(14)7-10/h4,6-7,9,12,15H,3,5,8H2,1-2H3. The van der Waals surface area contributed by atoms with Crippen molar-refractivity contribution in [2.24, 2.45) is 5.92 Å². The fraction of sp³-hybridized carbons (Fsp3) is 0.538. The Labute approximate surface area is 95.8 Å². The van der Waals surface area contributed by atoms with Crippen molar-refractivity contribution in [3.05, 3.63) is 29.6 Å². The smallest absolute Gasteiger partial charge is 0.165 e. The molecule has 0 aliphatic carbocycles. The van der Waals surface area contributed by atoms with Gasteiger partial charge in [-0.05, 0) is 43.0 Å². The predicted molar refractivity (Wildman–Crippen MR) is 62.1 cm³/mol. The molecule has 3 heteroatoms. The minimum atomic E-state index is -0.277. The Morgan fingerprint density at radius 3 is 2.75 bits per heavy atom. The third kappa shape index (κ3) is 2.35. The molecule has 1 aliphatic heterocycles. The molecule has 1 aromatic rings. The highest BCUT2D eigenvalue weighted by Crippen LogP contribution is 2.28. The van der Waals surface area contributed by atoms with Gasteiger partial charge in [-0.2, -0.15) is 0 Å². The van der Waals surface area contributed by atoms with E-state index in [2.05, 4.69) is 12.2 Å². The lowest BCUT2D eigenvalue weighted by Crippen LogP contribution is -2.31. The van der Waals surface area contributed by atoms with E-state index in [9.17, 15) is 4.39 Å². The van der Waals surface area contributed by atoms with Crippen molar-refractivity contribution in [1.82, 2.24) is 5.32 Å². The zero-order valence-corrected chi connectivity index (χ0v) is 9.79. The largest absolute Gasteiger partial charge is 0.494 e. The van der Waals surface area contributed by atoms with Gasteiger partial charge in [0.05, 0.1) is 7.11 Å². The van der Waals surface area contributed by atoms with Gasteiger partial charge in [0.1, 0.15) is 0 Å². The quantitative estimate of drug-likeness (QED) is 0.832. The maximum Gasteiger partial charge on any atom is 0.165 e. The fourth-order valence-corrected chi connectivity index (χ4v) is 2.18. The molecule has 0 aromatic heterocycles. The molecular formula is C13H18FNO. The van der Waals surface area contributed by atoms with E-state index < -0.39 is 0 Å². The monoisotopic (exact) mass is 223 g/mol.